The molecule has 0 radical (unpaired) electrons. The molecule has 0 spiro atoms. The highest BCUT2D eigenvalue weighted by Gasteiger charge is 2.17. The van der Waals surface area contributed by atoms with Gasteiger partial charge in [-0.1, -0.05) is 19.4 Å². The summed E-state index contributed by atoms with van der Waals surface area (Å²) in [7, 11) is 0. The molecular formula is C12H14N2O3. The Morgan fingerprint density at radius 1 is 1.53 bits per heavy atom. The second-order valence-corrected chi connectivity index (χ2v) is 3.62. The molecular weight excluding hydrogens is 220 g/mol. The number of amides is 1. The van der Waals surface area contributed by atoms with Gasteiger partial charge >= 0.3 is 0 Å². The number of benzene rings is 1. The lowest BCUT2D eigenvalue weighted by Gasteiger charge is -2.11. The third kappa shape index (κ3) is 3.11. The van der Waals surface area contributed by atoms with Crippen LogP contribution in [0.1, 0.15) is 30.1 Å². The third-order valence-electron chi connectivity index (χ3n) is 2.30. The molecule has 1 atom stereocenters. The summed E-state index contributed by atoms with van der Waals surface area (Å²) >= 11 is 0. The van der Waals surface area contributed by atoms with Crippen LogP contribution in [-0.4, -0.2) is 22.2 Å². The minimum atomic E-state index is -0.589. The minimum Gasteiger partial charge on any atom is -0.504 e. The Morgan fingerprint density at radius 3 is 2.82 bits per heavy atom. The van der Waals surface area contributed by atoms with Gasteiger partial charge in [0.05, 0.1) is 11.6 Å². The number of aromatic hydroxyl groups is 2. The van der Waals surface area contributed by atoms with Crippen LogP contribution < -0.4 is 5.32 Å². The average Bonchev–Trinajstić information content (AvgIpc) is 2.31. The van der Waals surface area contributed by atoms with Gasteiger partial charge in [-0.25, -0.2) is 0 Å². The van der Waals surface area contributed by atoms with E-state index in [2.05, 4.69) is 5.32 Å². The van der Waals surface area contributed by atoms with E-state index in [0.29, 0.717) is 6.42 Å². The lowest BCUT2D eigenvalue weighted by atomic mass is 10.1. The number of phenols is 2. The Balaban J connectivity index is 2.83. The molecule has 0 saturated carbocycles. The summed E-state index contributed by atoms with van der Waals surface area (Å²) in [5.41, 5.74) is -0.0404. The molecule has 5 nitrogen and oxygen atoms in total. The zero-order valence-electron chi connectivity index (χ0n) is 9.47. The third-order valence-corrected chi connectivity index (χ3v) is 2.30. The SMILES string of the molecule is CCCC(C#N)NC(=O)c1cccc(O)c1O. The number of carbonyl (C=O) groups is 1. The molecule has 3 N–H and O–H groups in total. The fourth-order valence-corrected chi connectivity index (χ4v) is 1.41. The largest absolute Gasteiger partial charge is 0.504 e. The van der Waals surface area contributed by atoms with Crippen molar-refractivity contribution in [1.82, 2.24) is 5.32 Å². The van der Waals surface area contributed by atoms with Crippen LogP contribution in [0.2, 0.25) is 0 Å². The van der Waals surface area contributed by atoms with Gasteiger partial charge in [0.25, 0.3) is 5.91 Å². The number of hydrogen-bond donors (Lipinski definition) is 3. The van der Waals surface area contributed by atoms with Crippen molar-refractivity contribution in [3.63, 3.8) is 0 Å². The Morgan fingerprint density at radius 2 is 2.24 bits per heavy atom. The Bertz CT molecular complexity index is 452. The van der Waals surface area contributed by atoms with Gasteiger partial charge in [0.15, 0.2) is 11.5 Å². The van der Waals surface area contributed by atoms with E-state index in [9.17, 15) is 15.0 Å². The summed E-state index contributed by atoms with van der Waals surface area (Å²) in [4.78, 5) is 11.7. The number of hydrogen-bond acceptors (Lipinski definition) is 4. The Kier molecular flexibility index (Phi) is 4.35. The second-order valence-electron chi connectivity index (χ2n) is 3.62. The molecule has 0 aromatic heterocycles. The minimum absolute atomic E-state index is 0.0404. The molecule has 1 amide bonds. The summed E-state index contributed by atoms with van der Waals surface area (Å²) in [5, 5.41) is 30.0. The van der Waals surface area contributed by atoms with Crippen LogP contribution in [0.4, 0.5) is 0 Å². The normalized spacial score (nSPS) is 11.5. The van der Waals surface area contributed by atoms with E-state index in [1.54, 1.807) is 0 Å². The quantitative estimate of drug-likeness (QED) is 0.688. The summed E-state index contributed by atoms with van der Waals surface area (Å²) in [5.74, 6) is -1.40. The second kappa shape index (κ2) is 5.75. The first-order chi connectivity index (χ1) is 8.10. The molecule has 1 unspecified atom stereocenters. The smallest absolute Gasteiger partial charge is 0.256 e. The van der Waals surface area contributed by atoms with Crippen LogP contribution in [-0.2, 0) is 0 Å². The van der Waals surface area contributed by atoms with E-state index in [4.69, 9.17) is 5.26 Å². The van der Waals surface area contributed by atoms with Crippen molar-refractivity contribution in [3.05, 3.63) is 23.8 Å². The van der Waals surface area contributed by atoms with E-state index in [0.717, 1.165) is 6.42 Å². The first-order valence-electron chi connectivity index (χ1n) is 5.31. The summed E-state index contributed by atoms with van der Waals surface area (Å²) in [6.45, 7) is 1.91. The van der Waals surface area contributed by atoms with Gasteiger partial charge in [0.1, 0.15) is 6.04 Å². The van der Waals surface area contributed by atoms with E-state index < -0.39 is 17.7 Å². The number of rotatable bonds is 4. The van der Waals surface area contributed by atoms with E-state index in [1.807, 2.05) is 13.0 Å². The summed E-state index contributed by atoms with van der Waals surface area (Å²) < 4.78 is 0. The zero-order valence-corrected chi connectivity index (χ0v) is 9.47. The molecule has 0 fully saturated rings. The Labute approximate surface area is 99.3 Å². The molecule has 0 heterocycles. The molecule has 1 aromatic carbocycles. The molecule has 5 heteroatoms. The molecule has 1 rings (SSSR count). The zero-order chi connectivity index (χ0) is 12.8. The van der Waals surface area contributed by atoms with Crippen molar-refractivity contribution in [3.8, 4) is 17.6 Å². The number of nitrogens with zero attached hydrogens (tertiary/aromatic N) is 1. The van der Waals surface area contributed by atoms with Gasteiger partial charge in [-0.3, -0.25) is 4.79 Å². The topological polar surface area (TPSA) is 93.4 Å². The van der Waals surface area contributed by atoms with Crippen LogP contribution in [0, 0.1) is 11.3 Å². The molecule has 0 saturated heterocycles. The molecule has 17 heavy (non-hydrogen) atoms. The van der Waals surface area contributed by atoms with Gasteiger partial charge in [0, 0.05) is 0 Å². The van der Waals surface area contributed by atoms with Crippen LogP contribution in [0.5, 0.6) is 11.5 Å². The lowest BCUT2D eigenvalue weighted by molar-refractivity contribution is 0.0940. The van der Waals surface area contributed by atoms with Crippen LogP contribution in [0.25, 0.3) is 0 Å². The number of para-hydroxylation sites is 1. The molecule has 90 valence electrons. The first kappa shape index (κ1) is 12.8. The lowest BCUT2D eigenvalue weighted by Crippen LogP contribution is -2.33. The van der Waals surface area contributed by atoms with E-state index in [-0.39, 0.29) is 11.3 Å². The van der Waals surface area contributed by atoms with E-state index in [1.165, 1.54) is 18.2 Å². The first-order valence-corrected chi connectivity index (χ1v) is 5.31. The van der Waals surface area contributed by atoms with Crippen molar-refractivity contribution >= 4 is 5.91 Å². The number of phenolic OH excluding ortho intramolecular Hbond substituents is 2. The monoisotopic (exact) mass is 234 g/mol. The highest BCUT2D eigenvalue weighted by Crippen LogP contribution is 2.27. The molecule has 0 aliphatic rings. The average molecular weight is 234 g/mol. The number of nitrogens with one attached hydrogen (secondary N) is 1. The van der Waals surface area contributed by atoms with Crippen molar-refractivity contribution in [1.29, 1.82) is 5.26 Å². The standard InChI is InChI=1S/C12H14N2O3/c1-2-4-8(7-13)14-12(17)9-5-3-6-10(15)11(9)16/h3,5-6,8,15-16H,2,4H2,1H3,(H,14,17). The predicted molar refractivity (Wildman–Crippen MR) is 61.5 cm³/mol. The van der Waals surface area contributed by atoms with Gasteiger partial charge in [-0.15, -0.1) is 0 Å². The Hall–Kier alpha value is -2.22. The molecule has 0 bridgehead atoms. The maximum atomic E-state index is 11.7. The van der Waals surface area contributed by atoms with Crippen LogP contribution in [0.3, 0.4) is 0 Å². The van der Waals surface area contributed by atoms with Gasteiger partial charge in [-0.05, 0) is 18.6 Å². The highest BCUT2D eigenvalue weighted by atomic mass is 16.3. The predicted octanol–water partition coefficient (Wildman–Crippen LogP) is 1.52. The molecule has 0 aliphatic carbocycles. The van der Waals surface area contributed by atoms with E-state index >= 15 is 0 Å². The van der Waals surface area contributed by atoms with Crippen molar-refractivity contribution < 1.29 is 15.0 Å². The molecule has 0 aliphatic heterocycles. The van der Waals surface area contributed by atoms with Crippen molar-refractivity contribution in [2.45, 2.75) is 25.8 Å². The van der Waals surface area contributed by atoms with Gasteiger partial charge < -0.3 is 15.5 Å². The maximum absolute atomic E-state index is 11.7. The van der Waals surface area contributed by atoms with Crippen LogP contribution >= 0.6 is 0 Å². The van der Waals surface area contributed by atoms with Gasteiger partial charge in [-0.2, -0.15) is 5.26 Å². The summed E-state index contributed by atoms with van der Waals surface area (Å²) in [6.07, 6.45) is 1.31. The van der Waals surface area contributed by atoms with Crippen molar-refractivity contribution in [2.75, 3.05) is 0 Å². The maximum Gasteiger partial charge on any atom is 0.256 e. The highest BCUT2D eigenvalue weighted by molar-refractivity contribution is 5.97. The fraction of sp³-hybridized carbons (Fsp3) is 0.333. The van der Waals surface area contributed by atoms with Gasteiger partial charge in [0.2, 0.25) is 0 Å². The van der Waals surface area contributed by atoms with Crippen molar-refractivity contribution in [2.24, 2.45) is 0 Å². The summed E-state index contributed by atoms with van der Waals surface area (Å²) in [6, 6.07) is 5.48. The number of nitriles is 1. The number of carbonyl (C=O) groups excluding carboxylic acids is 1. The molecule has 1 aromatic rings. The fourth-order valence-electron chi connectivity index (χ4n) is 1.41. The van der Waals surface area contributed by atoms with Crippen LogP contribution in [0.15, 0.2) is 18.2 Å².